The van der Waals surface area contributed by atoms with Gasteiger partial charge in [-0.05, 0) is 43.4 Å². The van der Waals surface area contributed by atoms with Crippen molar-refractivity contribution >= 4 is 11.8 Å². The van der Waals surface area contributed by atoms with Crippen LogP contribution in [0.3, 0.4) is 0 Å². The summed E-state index contributed by atoms with van der Waals surface area (Å²) in [4.78, 5) is 33.7. The average molecular weight is 402 g/mol. The van der Waals surface area contributed by atoms with Crippen LogP contribution in [-0.2, 0) is 19.1 Å². The molecule has 0 bridgehead atoms. The summed E-state index contributed by atoms with van der Waals surface area (Å²) < 4.78 is 10.9. The summed E-state index contributed by atoms with van der Waals surface area (Å²) in [5.41, 5.74) is 1.05. The summed E-state index contributed by atoms with van der Waals surface area (Å²) in [5, 5.41) is 0. The number of rotatable bonds is 7. The molecule has 3 fully saturated rings. The monoisotopic (exact) mass is 401 g/mol. The minimum absolute atomic E-state index is 0.0449. The summed E-state index contributed by atoms with van der Waals surface area (Å²) in [7, 11) is 1.62. The fourth-order valence-electron chi connectivity index (χ4n) is 5.00. The average Bonchev–Trinajstić information content (AvgIpc) is 3.30. The topological polar surface area (TPSA) is 72.0 Å². The van der Waals surface area contributed by atoms with Crippen LogP contribution in [0.5, 0.6) is 0 Å². The van der Waals surface area contributed by atoms with Gasteiger partial charge in [-0.3, -0.25) is 14.6 Å². The molecule has 29 heavy (non-hydrogen) atoms. The first-order chi connectivity index (χ1) is 14.2. The van der Waals surface area contributed by atoms with E-state index in [1.807, 2.05) is 21.9 Å². The Balaban J connectivity index is 1.40. The standard InChI is InChI=1S/C22H31N3O4/c1-28-14-15-29-20-19(16-6-10-23-11-7-16)25(22(20)27)18-8-12-24(13-9-18)21(26)17-4-2-3-5-17/h6-7,10-11,17-20H,2-5,8-9,12-15H2,1H3/t19-,20+/m0/s1. The van der Waals surface area contributed by atoms with Crippen LogP contribution >= 0.6 is 0 Å². The molecule has 7 nitrogen and oxygen atoms in total. The lowest BCUT2D eigenvalue weighted by Crippen LogP contribution is -2.65. The van der Waals surface area contributed by atoms with Crippen LogP contribution in [0.1, 0.15) is 50.1 Å². The molecule has 2 aliphatic heterocycles. The van der Waals surface area contributed by atoms with Crippen molar-refractivity contribution in [2.75, 3.05) is 33.4 Å². The largest absolute Gasteiger partial charge is 0.382 e. The number of carbonyl (C=O) groups excluding carboxylic acids is 2. The summed E-state index contributed by atoms with van der Waals surface area (Å²) >= 11 is 0. The molecule has 2 amide bonds. The molecule has 2 atom stereocenters. The van der Waals surface area contributed by atoms with Crippen LogP contribution in [0.2, 0.25) is 0 Å². The molecule has 3 heterocycles. The number of pyridine rings is 1. The lowest BCUT2D eigenvalue weighted by Gasteiger charge is -2.52. The Labute approximate surface area is 172 Å². The van der Waals surface area contributed by atoms with Gasteiger partial charge in [0.05, 0.1) is 19.3 Å². The molecule has 158 valence electrons. The molecule has 7 heteroatoms. The molecule has 0 aromatic carbocycles. The predicted octanol–water partition coefficient (Wildman–Crippen LogP) is 2.18. The van der Waals surface area contributed by atoms with Crippen molar-refractivity contribution in [1.29, 1.82) is 0 Å². The Morgan fingerprint density at radius 2 is 1.79 bits per heavy atom. The highest BCUT2D eigenvalue weighted by molar-refractivity contribution is 5.89. The number of carbonyl (C=O) groups is 2. The SMILES string of the molecule is COCCO[C@H]1C(=O)N(C2CCN(C(=O)C3CCCC3)CC2)[C@H]1c1ccncc1. The van der Waals surface area contributed by atoms with Crippen molar-refractivity contribution in [3.8, 4) is 0 Å². The third-order valence-corrected chi connectivity index (χ3v) is 6.59. The van der Waals surface area contributed by atoms with Gasteiger partial charge in [0, 0.05) is 44.6 Å². The maximum absolute atomic E-state index is 12.9. The number of hydrogen-bond donors (Lipinski definition) is 0. The first kappa shape index (κ1) is 20.3. The molecule has 1 saturated carbocycles. The third-order valence-electron chi connectivity index (χ3n) is 6.59. The Morgan fingerprint density at radius 1 is 1.10 bits per heavy atom. The van der Waals surface area contributed by atoms with Crippen molar-refractivity contribution in [1.82, 2.24) is 14.8 Å². The van der Waals surface area contributed by atoms with E-state index >= 15 is 0 Å². The maximum atomic E-state index is 12.9. The number of piperidine rings is 1. The zero-order valence-corrected chi connectivity index (χ0v) is 17.2. The normalized spacial score (nSPS) is 26.0. The van der Waals surface area contributed by atoms with Gasteiger partial charge in [-0.15, -0.1) is 0 Å². The van der Waals surface area contributed by atoms with Gasteiger partial charge < -0.3 is 19.3 Å². The summed E-state index contributed by atoms with van der Waals surface area (Å²) in [5.74, 6) is 0.589. The third kappa shape index (κ3) is 4.16. The molecule has 0 unspecified atom stereocenters. The van der Waals surface area contributed by atoms with Crippen molar-refractivity contribution < 1.29 is 19.1 Å². The van der Waals surface area contributed by atoms with E-state index in [0.717, 1.165) is 44.3 Å². The van der Waals surface area contributed by atoms with Crippen LogP contribution < -0.4 is 0 Å². The highest BCUT2D eigenvalue weighted by Gasteiger charge is 2.52. The summed E-state index contributed by atoms with van der Waals surface area (Å²) in [6.07, 6.45) is 9.12. The summed E-state index contributed by atoms with van der Waals surface area (Å²) in [6.45, 7) is 2.34. The van der Waals surface area contributed by atoms with Gasteiger partial charge in [-0.1, -0.05) is 12.8 Å². The number of methoxy groups -OCH3 is 1. The van der Waals surface area contributed by atoms with E-state index in [1.165, 1.54) is 12.8 Å². The minimum atomic E-state index is -0.467. The number of amides is 2. The molecule has 0 radical (unpaired) electrons. The molecule has 1 aromatic heterocycles. The predicted molar refractivity (Wildman–Crippen MR) is 107 cm³/mol. The van der Waals surface area contributed by atoms with Crippen molar-refractivity contribution in [2.24, 2.45) is 5.92 Å². The molecule has 2 saturated heterocycles. The number of nitrogens with zero attached hydrogens (tertiary/aromatic N) is 3. The number of hydrogen-bond acceptors (Lipinski definition) is 5. The molecule has 4 rings (SSSR count). The highest BCUT2D eigenvalue weighted by Crippen LogP contribution is 2.41. The van der Waals surface area contributed by atoms with Gasteiger partial charge in [-0.25, -0.2) is 0 Å². The highest BCUT2D eigenvalue weighted by atomic mass is 16.5. The lowest BCUT2D eigenvalue weighted by molar-refractivity contribution is -0.184. The molecular weight excluding hydrogens is 370 g/mol. The van der Waals surface area contributed by atoms with Gasteiger partial charge in [0.2, 0.25) is 5.91 Å². The van der Waals surface area contributed by atoms with E-state index in [0.29, 0.717) is 19.1 Å². The maximum Gasteiger partial charge on any atom is 0.255 e. The van der Waals surface area contributed by atoms with Gasteiger partial charge in [-0.2, -0.15) is 0 Å². The number of β-lactam (4-membered cyclic amide) rings is 1. The molecule has 1 aliphatic carbocycles. The van der Waals surface area contributed by atoms with Gasteiger partial charge in [0.15, 0.2) is 6.10 Å². The van der Waals surface area contributed by atoms with Crippen LogP contribution in [-0.4, -0.2) is 72.2 Å². The van der Waals surface area contributed by atoms with E-state index < -0.39 is 6.10 Å². The second-order valence-corrected chi connectivity index (χ2v) is 8.29. The second kappa shape index (κ2) is 9.22. The Morgan fingerprint density at radius 3 is 2.45 bits per heavy atom. The fourth-order valence-corrected chi connectivity index (χ4v) is 5.00. The van der Waals surface area contributed by atoms with Crippen molar-refractivity contribution in [3.63, 3.8) is 0 Å². The molecular formula is C22H31N3O4. The second-order valence-electron chi connectivity index (χ2n) is 8.29. The minimum Gasteiger partial charge on any atom is -0.382 e. The Bertz CT molecular complexity index is 699. The first-order valence-corrected chi connectivity index (χ1v) is 10.8. The van der Waals surface area contributed by atoms with Gasteiger partial charge in [0.25, 0.3) is 5.91 Å². The van der Waals surface area contributed by atoms with E-state index in [9.17, 15) is 9.59 Å². The molecule has 1 aromatic rings. The lowest BCUT2D eigenvalue weighted by atomic mass is 9.86. The zero-order chi connectivity index (χ0) is 20.2. The molecule has 0 N–H and O–H groups in total. The van der Waals surface area contributed by atoms with Crippen LogP contribution in [0.15, 0.2) is 24.5 Å². The van der Waals surface area contributed by atoms with Gasteiger partial charge in [0.1, 0.15) is 0 Å². The van der Waals surface area contributed by atoms with Gasteiger partial charge >= 0.3 is 0 Å². The number of likely N-dealkylation sites (tertiary alicyclic amines) is 2. The zero-order valence-electron chi connectivity index (χ0n) is 17.2. The van der Waals surface area contributed by atoms with E-state index in [-0.39, 0.29) is 23.9 Å². The van der Waals surface area contributed by atoms with Crippen LogP contribution in [0, 0.1) is 5.92 Å². The smallest absolute Gasteiger partial charge is 0.255 e. The van der Waals surface area contributed by atoms with Crippen molar-refractivity contribution in [3.05, 3.63) is 30.1 Å². The van der Waals surface area contributed by atoms with E-state index in [1.54, 1.807) is 19.5 Å². The van der Waals surface area contributed by atoms with Crippen molar-refractivity contribution in [2.45, 2.75) is 56.7 Å². The van der Waals surface area contributed by atoms with E-state index in [2.05, 4.69) is 4.98 Å². The summed E-state index contributed by atoms with van der Waals surface area (Å²) in [6, 6.07) is 3.96. The Kier molecular flexibility index (Phi) is 6.45. The van der Waals surface area contributed by atoms with Crippen LogP contribution in [0.4, 0.5) is 0 Å². The number of ether oxygens (including phenoxy) is 2. The van der Waals surface area contributed by atoms with Crippen LogP contribution in [0.25, 0.3) is 0 Å². The number of aromatic nitrogens is 1. The van der Waals surface area contributed by atoms with E-state index in [4.69, 9.17) is 9.47 Å². The molecule has 0 spiro atoms. The molecule has 3 aliphatic rings. The fraction of sp³-hybridized carbons (Fsp3) is 0.682. The Hall–Kier alpha value is -1.99. The quantitative estimate of drug-likeness (QED) is 0.517. The first-order valence-electron chi connectivity index (χ1n) is 10.8.